The van der Waals surface area contributed by atoms with Crippen LogP contribution >= 0.6 is 11.3 Å². The molecule has 4 rings (SSSR count). The number of hydrogen-bond donors (Lipinski definition) is 3. The molecule has 0 bridgehead atoms. The first-order valence-electron chi connectivity index (χ1n) is 18.3. The van der Waals surface area contributed by atoms with E-state index in [1.807, 2.05) is 36.5 Å². The largest absolute Gasteiger partial charge is 0.374 e. The number of amidine groups is 1. The van der Waals surface area contributed by atoms with Gasteiger partial charge in [0.05, 0.1) is 4.88 Å². The summed E-state index contributed by atoms with van der Waals surface area (Å²) >= 11 is 1.40. The van der Waals surface area contributed by atoms with Crippen molar-refractivity contribution in [1.29, 1.82) is 0 Å². The Balaban J connectivity index is 1.38. The number of amides is 3. The highest BCUT2D eigenvalue weighted by atomic mass is 32.1. The first-order valence-corrected chi connectivity index (χ1v) is 19.2. The highest BCUT2D eigenvalue weighted by molar-refractivity contribution is 7.14. The lowest BCUT2D eigenvalue weighted by Gasteiger charge is -2.40. The SMILES string of the molecule is C=NC(=N/C=C(\C)N1CCC(C2CCC(CCC)CC2)CC1)c1ccc(C[C@H](NC(=O)c2ccc(C(C)(C)C)s2)C(=O)N[C@H](C)C(N)=O)cc1. The van der Waals surface area contributed by atoms with Crippen LogP contribution in [0, 0.1) is 17.8 Å². The molecule has 2 fully saturated rings. The van der Waals surface area contributed by atoms with Crippen molar-refractivity contribution in [3.05, 3.63) is 69.2 Å². The molecule has 9 nitrogen and oxygen atoms in total. The normalized spacial score (nSPS) is 20.6. The molecule has 4 N–H and O–H groups in total. The number of carbonyl (C=O) groups is 3. The van der Waals surface area contributed by atoms with Gasteiger partial charge in [-0.2, -0.15) is 0 Å². The maximum Gasteiger partial charge on any atom is 0.262 e. The molecule has 1 aromatic heterocycles. The standard InChI is InChI=1S/C40H58N6O3S/c1-8-9-28-10-14-30(15-11-28)31-20-22-46(23-21-31)26(2)25-43-37(42-7)32-16-12-29(13-17-32)24-33(38(48)44-27(3)36(41)47)45-39(49)34-18-19-35(50-34)40(4,5)6/h12-13,16-19,25,27-28,30-31,33H,7-11,14-15,20-24H2,1-6H3,(H2,41,47)(H,44,48)(H,45,49)/b26-25+,43-37?/t27-,28?,30?,33+/m1/s1. The van der Waals surface area contributed by atoms with Crippen LogP contribution in [0.1, 0.15) is 119 Å². The summed E-state index contributed by atoms with van der Waals surface area (Å²) < 4.78 is 0. The van der Waals surface area contributed by atoms with Gasteiger partial charge in [-0.05, 0) is 87.1 Å². The Bertz CT molecular complexity index is 1520. The van der Waals surface area contributed by atoms with E-state index in [0.717, 1.165) is 52.5 Å². The lowest BCUT2D eigenvalue weighted by molar-refractivity contribution is -0.128. The average molecular weight is 703 g/mol. The molecule has 3 amide bonds. The van der Waals surface area contributed by atoms with Crippen LogP contribution in [-0.4, -0.2) is 60.3 Å². The smallest absolute Gasteiger partial charge is 0.262 e. The Morgan fingerprint density at radius 2 is 1.64 bits per heavy atom. The predicted octanol–water partition coefficient (Wildman–Crippen LogP) is 7.00. The van der Waals surface area contributed by atoms with Gasteiger partial charge in [0.25, 0.3) is 5.91 Å². The fourth-order valence-corrected chi connectivity index (χ4v) is 8.20. The van der Waals surface area contributed by atoms with Crippen LogP contribution in [0.5, 0.6) is 0 Å². The predicted molar refractivity (Wildman–Crippen MR) is 206 cm³/mol. The van der Waals surface area contributed by atoms with E-state index in [1.54, 1.807) is 6.07 Å². The first kappa shape index (κ1) is 39.0. The van der Waals surface area contributed by atoms with Gasteiger partial charge in [0.15, 0.2) is 5.84 Å². The monoisotopic (exact) mass is 702 g/mol. The number of likely N-dealkylation sites (tertiary alicyclic amines) is 1. The second-order valence-electron chi connectivity index (χ2n) is 15.2. The number of primary amides is 1. The van der Waals surface area contributed by atoms with Crippen molar-refractivity contribution in [3.63, 3.8) is 0 Å². The van der Waals surface area contributed by atoms with Crippen molar-refractivity contribution < 1.29 is 14.4 Å². The van der Waals surface area contributed by atoms with Gasteiger partial charge < -0.3 is 21.3 Å². The van der Waals surface area contributed by atoms with E-state index in [4.69, 9.17) is 10.7 Å². The molecule has 10 heteroatoms. The molecule has 0 spiro atoms. The average Bonchev–Trinajstić information content (AvgIpc) is 3.61. The van der Waals surface area contributed by atoms with Gasteiger partial charge in [0.2, 0.25) is 11.8 Å². The maximum absolute atomic E-state index is 13.2. The number of benzene rings is 1. The van der Waals surface area contributed by atoms with Crippen LogP contribution < -0.4 is 16.4 Å². The first-order chi connectivity index (χ1) is 23.8. The highest BCUT2D eigenvalue weighted by Gasteiger charge is 2.30. The van der Waals surface area contributed by atoms with Crippen LogP contribution in [-0.2, 0) is 21.4 Å². The van der Waals surface area contributed by atoms with Crippen LogP contribution in [0.15, 0.2) is 58.3 Å². The van der Waals surface area contributed by atoms with Crippen molar-refractivity contribution in [2.24, 2.45) is 33.5 Å². The molecule has 2 aliphatic rings. The minimum Gasteiger partial charge on any atom is -0.374 e. The number of nitrogens with zero attached hydrogens (tertiary/aromatic N) is 3. The lowest BCUT2D eigenvalue weighted by atomic mass is 9.72. The molecule has 0 unspecified atom stereocenters. The Hall–Kier alpha value is -3.79. The summed E-state index contributed by atoms with van der Waals surface area (Å²) in [6, 6.07) is 9.47. The fourth-order valence-electron chi connectivity index (χ4n) is 7.24. The third-order valence-electron chi connectivity index (χ3n) is 10.4. The van der Waals surface area contributed by atoms with Gasteiger partial charge in [-0.25, -0.2) is 9.98 Å². The molecule has 1 aliphatic carbocycles. The molecule has 2 aromatic rings. The van der Waals surface area contributed by atoms with Gasteiger partial charge >= 0.3 is 0 Å². The van der Waals surface area contributed by atoms with Crippen molar-refractivity contribution >= 4 is 41.6 Å². The maximum atomic E-state index is 13.2. The Morgan fingerprint density at radius 3 is 2.20 bits per heavy atom. The quantitative estimate of drug-likeness (QED) is 0.153. The minimum absolute atomic E-state index is 0.0978. The van der Waals surface area contributed by atoms with E-state index in [1.165, 1.54) is 69.6 Å². The van der Waals surface area contributed by atoms with Crippen LogP contribution in [0.2, 0.25) is 0 Å². The Morgan fingerprint density at radius 1 is 1.00 bits per heavy atom. The van der Waals surface area contributed by atoms with E-state index in [2.05, 4.69) is 61.9 Å². The molecule has 1 saturated carbocycles. The van der Waals surface area contributed by atoms with E-state index < -0.39 is 23.9 Å². The highest BCUT2D eigenvalue weighted by Crippen LogP contribution is 2.39. The van der Waals surface area contributed by atoms with E-state index in [-0.39, 0.29) is 17.7 Å². The number of aliphatic imine (C=N–C) groups is 2. The molecule has 1 saturated heterocycles. The molecule has 1 aliphatic heterocycles. The zero-order valence-electron chi connectivity index (χ0n) is 31.0. The number of piperidine rings is 1. The van der Waals surface area contributed by atoms with Crippen LogP contribution in [0.4, 0.5) is 0 Å². The summed E-state index contributed by atoms with van der Waals surface area (Å²) in [5.41, 5.74) is 8.04. The molecular weight excluding hydrogens is 645 g/mol. The molecular formula is C40H58N6O3S. The molecule has 1 aromatic carbocycles. The Labute approximate surface area is 303 Å². The number of hydrogen-bond acceptors (Lipinski definition) is 6. The van der Waals surface area contributed by atoms with Crippen molar-refractivity contribution in [2.45, 2.75) is 117 Å². The van der Waals surface area contributed by atoms with Crippen molar-refractivity contribution in [2.75, 3.05) is 13.1 Å². The number of allylic oxidation sites excluding steroid dienone is 1. The number of carbonyl (C=O) groups excluding carboxylic acids is 3. The van der Waals surface area contributed by atoms with Crippen molar-refractivity contribution in [3.8, 4) is 0 Å². The molecule has 0 radical (unpaired) electrons. The van der Waals surface area contributed by atoms with Crippen LogP contribution in [0.25, 0.3) is 0 Å². The van der Waals surface area contributed by atoms with Gasteiger partial charge in [-0.15, -0.1) is 11.3 Å². The third-order valence-corrected chi connectivity index (χ3v) is 12.0. The summed E-state index contributed by atoms with van der Waals surface area (Å²) in [6.45, 7) is 18.1. The summed E-state index contributed by atoms with van der Waals surface area (Å²) in [5.74, 6) is 1.72. The number of nitrogens with one attached hydrogen (secondary N) is 2. The summed E-state index contributed by atoms with van der Waals surface area (Å²) in [5, 5.41) is 5.50. The zero-order chi connectivity index (χ0) is 36.4. The number of thiophene rings is 1. The summed E-state index contributed by atoms with van der Waals surface area (Å²) in [4.78, 5) is 51.1. The van der Waals surface area contributed by atoms with E-state index in [0.29, 0.717) is 10.7 Å². The van der Waals surface area contributed by atoms with Gasteiger partial charge in [-0.1, -0.05) is 77.6 Å². The van der Waals surface area contributed by atoms with E-state index in [9.17, 15) is 14.4 Å². The molecule has 50 heavy (non-hydrogen) atoms. The van der Waals surface area contributed by atoms with Crippen molar-refractivity contribution in [1.82, 2.24) is 15.5 Å². The van der Waals surface area contributed by atoms with Crippen LogP contribution in [0.3, 0.4) is 0 Å². The fraction of sp³-hybridized carbons (Fsp3) is 0.575. The summed E-state index contributed by atoms with van der Waals surface area (Å²) in [7, 11) is 0. The van der Waals surface area contributed by atoms with Gasteiger partial charge in [0.1, 0.15) is 12.1 Å². The number of nitrogens with two attached hydrogens (primary N) is 1. The van der Waals surface area contributed by atoms with E-state index >= 15 is 0 Å². The van der Waals surface area contributed by atoms with Gasteiger partial charge in [0, 0.05) is 41.8 Å². The zero-order valence-corrected chi connectivity index (χ0v) is 31.8. The third kappa shape index (κ3) is 10.9. The lowest BCUT2D eigenvalue weighted by Crippen LogP contribution is -2.52. The molecule has 2 atom stereocenters. The van der Waals surface area contributed by atoms with Gasteiger partial charge in [-0.3, -0.25) is 14.4 Å². The minimum atomic E-state index is -0.924. The molecule has 2 heterocycles. The second kappa shape index (κ2) is 17.9. The Kier molecular flexibility index (Phi) is 14.0. The summed E-state index contributed by atoms with van der Waals surface area (Å²) in [6.07, 6.45) is 13.0. The topological polar surface area (TPSA) is 129 Å². The number of rotatable bonds is 13. The second-order valence-corrected chi connectivity index (χ2v) is 16.3. The molecule has 272 valence electrons.